The number of pyridine rings is 1. The summed E-state index contributed by atoms with van der Waals surface area (Å²) in [6.45, 7) is 3.48. The van der Waals surface area contributed by atoms with E-state index in [9.17, 15) is 18.5 Å². The summed E-state index contributed by atoms with van der Waals surface area (Å²) in [7, 11) is -4.06. The highest BCUT2D eigenvalue weighted by molar-refractivity contribution is 9.09. The lowest BCUT2D eigenvalue weighted by molar-refractivity contribution is -0.385. The van der Waals surface area contributed by atoms with E-state index in [1.807, 2.05) is 17.9 Å². The Morgan fingerprint density at radius 1 is 1.35 bits per heavy atom. The number of sulfonamides is 1. The molecule has 3 rings (SSSR count). The van der Waals surface area contributed by atoms with Crippen molar-refractivity contribution in [3.63, 3.8) is 0 Å². The van der Waals surface area contributed by atoms with Crippen LogP contribution in [0, 0.1) is 22.5 Å². The molecule has 0 atom stereocenters. The van der Waals surface area contributed by atoms with E-state index in [4.69, 9.17) is 6.42 Å². The van der Waals surface area contributed by atoms with Gasteiger partial charge in [0.05, 0.1) is 16.2 Å². The number of nitrogens with zero attached hydrogens (tertiary/aromatic N) is 4. The fraction of sp³-hybridized carbons (Fsp3) is 0.381. The molecule has 2 heterocycles. The molecule has 0 aliphatic carbocycles. The molecule has 0 N–H and O–H groups in total. The van der Waals surface area contributed by atoms with Crippen molar-refractivity contribution in [3.8, 4) is 12.3 Å². The zero-order valence-electron chi connectivity index (χ0n) is 17.1. The van der Waals surface area contributed by atoms with Crippen LogP contribution in [0.15, 0.2) is 35.5 Å². The minimum Gasteiger partial charge on any atom is -0.369 e. The number of fused-ring (bicyclic) bond motifs is 1. The largest absolute Gasteiger partial charge is 0.369 e. The lowest BCUT2D eigenvalue weighted by atomic mass is 10.0. The van der Waals surface area contributed by atoms with Crippen LogP contribution in [0.5, 0.6) is 0 Å². The summed E-state index contributed by atoms with van der Waals surface area (Å²) in [5.74, 6) is 2.46. The smallest absolute Gasteiger partial charge is 0.272 e. The van der Waals surface area contributed by atoms with Gasteiger partial charge < -0.3 is 4.90 Å². The second-order valence-corrected chi connectivity index (χ2v) is 9.85. The number of hydrogen-bond donors (Lipinski definition) is 0. The average molecular weight is 507 g/mol. The number of terminal acetylenes is 1. The number of benzene rings is 1. The summed E-state index contributed by atoms with van der Waals surface area (Å²) in [4.78, 5) is 16.7. The minimum atomic E-state index is -4.06. The average Bonchev–Trinajstić information content (AvgIpc) is 2.77. The van der Waals surface area contributed by atoms with E-state index >= 15 is 0 Å². The van der Waals surface area contributed by atoms with Gasteiger partial charge in [0.25, 0.3) is 5.69 Å². The molecule has 1 aromatic carbocycles. The van der Waals surface area contributed by atoms with E-state index in [0.29, 0.717) is 30.5 Å². The predicted octanol–water partition coefficient (Wildman–Crippen LogP) is 3.33. The van der Waals surface area contributed by atoms with E-state index < -0.39 is 14.9 Å². The second-order valence-electron chi connectivity index (χ2n) is 7.15. The number of nitro groups is 1. The van der Waals surface area contributed by atoms with Gasteiger partial charge in [0.2, 0.25) is 10.0 Å². The van der Waals surface area contributed by atoms with Crippen molar-refractivity contribution in [1.29, 1.82) is 0 Å². The third kappa shape index (κ3) is 4.74. The summed E-state index contributed by atoms with van der Waals surface area (Å²) in [5.41, 5.74) is 2.07. The fourth-order valence-corrected chi connectivity index (χ4v) is 5.84. The van der Waals surface area contributed by atoms with Gasteiger partial charge in [-0.05, 0) is 30.0 Å². The maximum absolute atomic E-state index is 13.7. The van der Waals surface area contributed by atoms with Gasteiger partial charge in [-0.15, -0.1) is 6.42 Å². The lowest BCUT2D eigenvalue weighted by Crippen LogP contribution is -2.37. The highest BCUT2D eigenvalue weighted by Gasteiger charge is 2.34. The monoisotopic (exact) mass is 506 g/mol. The van der Waals surface area contributed by atoms with Crippen LogP contribution in [-0.2, 0) is 23.0 Å². The summed E-state index contributed by atoms with van der Waals surface area (Å²) < 4.78 is 28.8. The molecule has 10 heteroatoms. The number of alkyl halides is 1. The molecule has 1 aliphatic heterocycles. The van der Waals surface area contributed by atoms with Crippen LogP contribution in [0.4, 0.5) is 11.4 Å². The zero-order chi connectivity index (χ0) is 22.6. The van der Waals surface area contributed by atoms with Gasteiger partial charge in [-0.3, -0.25) is 15.1 Å². The third-order valence-electron chi connectivity index (χ3n) is 5.19. The Kier molecular flexibility index (Phi) is 7.30. The van der Waals surface area contributed by atoms with E-state index in [-0.39, 0.29) is 29.2 Å². The van der Waals surface area contributed by atoms with Crippen LogP contribution in [0.2, 0.25) is 0 Å². The first-order chi connectivity index (χ1) is 14.8. The van der Waals surface area contributed by atoms with Crippen molar-refractivity contribution in [1.82, 2.24) is 9.29 Å². The van der Waals surface area contributed by atoms with Crippen molar-refractivity contribution in [3.05, 3.63) is 57.4 Å². The predicted molar refractivity (Wildman–Crippen MR) is 123 cm³/mol. The third-order valence-corrected chi connectivity index (χ3v) is 7.40. The molecule has 0 fully saturated rings. The summed E-state index contributed by atoms with van der Waals surface area (Å²) in [5, 5.41) is 12.1. The summed E-state index contributed by atoms with van der Waals surface area (Å²) in [6, 6.07) is 4.27. The first-order valence-corrected chi connectivity index (χ1v) is 12.4. The van der Waals surface area contributed by atoms with Crippen LogP contribution < -0.4 is 4.90 Å². The first-order valence-electron chi connectivity index (χ1n) is 9.85. The highest BCUT2D eigenvalue weighted by atomic mass is 79.9. The van der Waals surface area contributed by atoms with Crippen LogP contribution in [0.1, 0.15) is 30.0 Å². The molecule has 0 unspecified atom stereocenters. The molecule has 2 aromatic rings. The van der Waals surface area contributed by atoms with Crippen LogP contribution in [0.3, 0.4) is 0 Å². The number of anilines is 1. The number of hydrogen-bond acceptors (Lipinski definition) is 6. The minimum absolute atomic E-state index is 0.128. The van der Waals surface area contributed by atoms with E-state index in [0.717, 1.165) is 23.6 Å². The molecule has 8 nitrogen and oxygen atoms in total. The molecule has 164 valence electrons. The number of nitro benzene ring substituents is 1. The Bertz CT molecular complexity index is 1120. The molecule has 0 radical (unpaired) electrons. The van der Waals surface area contributed by atoms with Crippen LogP contribution >= 0.6 is 15.9 Å². The first kappa shape index (κ1) is 23.2. The zero-order valence-corrected chi connectivity index (χ0v) is 19.5. The van der Waals surface area contributed by atoms with Gasteiger partial charge >= 0.3 is 0 Å². The van der Waals surface area contributed by atoms with Crippen LogP contribution in [-0.4, -0.2) is 47.6 Å². The summed E-state index contributed by atoms with van der Waals surface area (Å²) >= 11 is 3.40. The van der Waals surface area contributed by atoms with Gasteiger partial charge in [-0.25, -0.2) is 8.42 Å². The molecule has 1 aliphatic rings. The van der Waals surface area contributed by atoms with Crippen LogP contribution in [0.25, 0.3) is 0 Å². The number of halogens is 1. The Labute approximate surface area is 190 Å². The van der Waals surface area contributed by atoms with Gasteiger partial charge in [0, 0.05) is 56.0 Å². The highest BCUT2D eigenvalue weighted by Crippen LogP contribution is 2.37. The van der Waals surface area contributed by atoms with E-state index in [2.05, 4.69) is 26.8 Å². The van der Waals surface area contributed by atoms with E-state index in [1.54, 1.807) is 12.4 Å². The molecule has 0 amide bonds. The topological polar surface area (TPSA) is 96.6 Å². The Balaban J connectivity index is 2.18. The van der Waals surface area contributed by atoms with Crippen molar-refractivity contribution in [2.75, 3.05) is 29.9 Å². The Morgan fingerprint density at radius 2 is 2.13 bits per heavy atom. The van der Waals surface area contributed by atoms with Crippen molar-refractivity contribution in [2.45, 2.75) is 31.2 Å². The molecule has 31 heavy (non-hydrogen) atoms. The van der Waals surface area contributed by atoms with Crippen molar-refractivity contribution < 1.29 is 13.3 Å². The number of non-ortho nitro benzene ring substituents is 1. The molecule has 0 saturated heterocycles. The maximum Gasteiger partial charge on any atom is 0.272 e. The molecule has 0 saturated carbocycles. The summed E-state index contributed by atoms with van der Waals surface area (Å²) in [6.07, 6.45) is 10.3. The maximum atomic E-state index is 13.7. The molecular formula is C21H23BrN4O4S. The normalized spacial score (nSPS) is 14.0. The quantitative estimate of drug-likeness (QED) is 0.235. The van der Waals surface area contributed by atoms with Gasteiger partial charge in [0.1, 0.15) is 4.90 Å². The standard InChI is InChI=1S/C21H23BrN4O4S/c1-3-9-24(11-7-22)21-16(4-2)12-19(26(27)28)13-20(21)31(29,30)25-10-6-17-5-8-23-14-18(17)15-25/h2,5,8,12-14H,3,6-7,9-11,15H2,1H3. The van der Waals surface area contributed by atoms with Gasteiger partial charge in [-0.1, -0.05) is 28.8 Å². The molecule has 0 bridgehead atoms. The SMILES string of the molecule is C#Cc1cc([N+](=O)[O-])cc(S(=O)(=O)N2CCc3ccncc3C2)c1N(CCC)CCBr. The number of rotatable bonds is 8. The van der Waals surface area contributed by atoms with E-state index in [1.165, 1.54) is 10.4 Å². The second kappa shape index (κ2) is 9.77. The van der Waals surface area contributed by atoms with Crippen molar-refractivity contribution in [2.24, 2.45) is 0 Å². The van der Waals surface area contributed by atoms with Gasteiger partial charge in [0.15, 0.2) is 0 Å². The van der Waals surface area contributed by atoms with Gasteiger partial charge in [-0.2, -0.15) is 4.31 Å². The molecule has 1 aromatic heterocycles. The number of aromatic nitrogens is 1. The Hall–Kier alpha value is -2.48. The molecule has 0 spiro atoms. The Morgan fingerprint density at radius 3 is 2.77 bits per heavy atom. The fourth-order valence-electron chi connectivity index (χ4n) is 3.74. The van der Waals surface area contributed by atoms with Crippen molar-refractivity contribution >= 4 is 37.3 Å². The lowest BCUT2D eigenvalue weighted by Gasteiger charge is -2.31. The molecular weight excluding hydrogens is 484 g/mol.